The van der Waals surface area contributed by atoms with Crippen LogP contribution in [0.5, 0.6) is 23.0 Å². The molecule has 16 heteroatoms. The molecule has 0 radical (unpaired) electrons. The second kappa shape index (κ2) is 22.5. The maximum atomic E-state index is 6.24. The Hall–Kier alpha value is -2.68. The van der Waals surface area contributed by atoms with Gasteiger partial charge in [-0.05, 0) is 88.8 Å². The number of halogens is 4. The predicted molar refractivity (Wildman–Crippen MR) is 223 cm³/mol. The highest BCUT2D eigenvalue weighted by atomic mass is 35.5. The fraction of sp³-hybridized carbons (Fsp3) is 0.333. The minimum Gasteiger partial charge on any atom is -0.483 e. The monoisotopic (exact) mass is 862 g/mol. The van der Waals surface area contributed by atoms with Crippen LogP contribution in [-0.4, -0.2) is 19.9 Å². The second-order valence-electron chi connectivity index (χ2n) is 11.4. The van der Waals surface area contributed by atoms with E-state index < -0.39 is 0 Å². The highest BCUT2D eigenvalue weighted by molar-refractivity contribution is 7.10. The van der Waals surface area contributed by atoms with Crippen molar-refractivity contribution >= 4 is 95.0 Å². The zero-order valence-electron chi connectivity index (χ0n) is 29.1. The summed E-state index contributed by atoms with van der Waals surface area (Å²) in [7, 11) is 0. The first-order chi connectivity index (χ1) is 23.4. The molecule has 6 aromatic rings. The normalized spacial score (nSPS) is 10.3. The van der Waals surface area contributed by atoms with Crippen molar-refractivity contribution in [2.24, 2.45) is 0 Å². The summed E-state index contributed by atoms with van der Waals surface area (Å²) >= 11 is 6.50. The van der Waals surface area contributed by atoms with Gasteiger partial charge in [0.1, 0.15) is 26.4 Å². The maximum Gasteiger partial charge on any atom is 0.162 e. The highest BCUT2D eigenvalue weighted by Crippen LogP contribution is 2.33. The Kier molecular flexibility index (Phi) is 19.7. The lowest BCUT2D eigenvalue weighted by atomic mass is 10.0. The first-order valence-electron chi connectivity index (χ1n) is 15.8. The van der Waals surface area contributed by atoms with Crippen molar-refractivity contribution < 1.29 is 18.9 Å². The number of rotatable bonds is 17. The third kappa shape index (κ3) is 13.6. The van der Waals surface area contributed by atoms with Gasteiger partial charge in [-0.1, -0.05) is 12.1 Å². The van der Waals surface area contributed by atoms with Crippen molar-refractivity contribution in [2.45, 2.75) is 79.8 Å². The lowest BCUT2D eigenvalue weighted by molar-refractivity contribution is 0.252. The van der Waals surface area contributed by atoms with Gasteiger partial charge in [-0.15, -0.1) is 95.0 Å². The van der Waals surface area contributed by atoms with E-state index in [2.05, 4.69) is 44.2 Å². The zero-order valence-corrected chi connectivity index (χ0v) is 35.7. The van der Waals surface area contributed by atoms with Crippen LogP contribution in [0.4, 0.5) is 0 Å². The summed E-state index contributed by atoms with van der Waals surface area (Å²) in [5.41, 5.74) is 6.10. The van der Waals surface area contributed by atoms with E-state index in [0.29, 0.717) is 37.9 Å². The first-order valence-corrected chi connectivity index (χ1v) is 19.3. The van der Waals surface area contributed by atoms with E-state index in [1.165, 1.54) is 11.1 Å². The summed E-state index contributed by atoms with van der Waals surface area (Å²) in [6.07, 6.45) is 3.91. The average molecular weight is 865 g/mol. The van der Waals surface area contributed by atoms with E-state index in [4.69, 9.17) is 18.9 Å². The Morgan fingerprint density at radius 3 is 0.981 bits per heavy atom. The van der Waals surface area contributed by atoms with Crippen LogP contribution in [0.15, 0.2) is 57.9 Å². The molecule has 8 nitrogen and oxygen atoms in total. The molecular formula is C36H42Cl4N4O4S4. The van der Waals surface area contributed by atoms with Crippen LogP contribution in [0.1, 0.15) is 66.8 Å². The van der Waals surface area contributed by atoms with E-state index >= 15 is 0 Å². The smallest absolute Gasteiger partial charge is 0.162 e. The van der Waals surface area contributed by atoms with Crippen LogP contribution in [0.25, 0.3) is 0 Å². The van der Waals surface area contributed by atoms with Crippen LogP contribution in [-0.2, 0) is 39.3 Å². The Balaban J connectivity index is 0.00000234. The minimum atomic E-state index is 0. The molecule has 0 N–H and O–H groups in total. The summed E-state index contributed by atoms with van der Waals surface area (Å²) in [4.78, 5) is 18.2. The summed E-state index contributed by atoms with van der Waals surface area (Å²) in [5, 5.41) is 12.2. The van der Waals surface area contributed by atoms with E-state index in [-0.39, 0.29) is 49.6 Å². The molecule has 0 fully saturated rings. The van der Waals surface area contributed by atoms with Gasteiger partial charge in [0.25, 0.3) is 0 Å². The molecule has 52 heavy (non-hydrogen) atoms. The van der Waals surface area contributed by atoms with Gasteiger partial charge in [0.15, 0.2) is 23.0 Å². The van der Waals surface area contributed by atoms with Gasteiger partial charge >= 0.3 is 0 Å². The largest absolute Gasteiger partial charge is 0.483 e. The molecule has 0 bridgehead atoms. The number of unbranched alkanes of at least 4 members (excludes halogenated alkanes) is 1. The number of ether oxygens (including phenoxy) is 4. The fourth-order valence-corrected chi connectivity index (χ4v) is 7.43. The maximum absolute atomic E-state index is 6.24. The van der Waals surface area contributed by atoms with Crippen LogP contribution in [0, 0.1) is 27.7 Å². The quantitative estimate of drug-likeness (QED) is 0.0838. The van der Waals surface area contributed by atoms with E-state index in [9.17, 15) is 0 Å². The van der Waals surface area contributed by atoms with Crippen LogP contribution >= 0.6 is 95.0 Å². The number of aryl methyl sites for hydroxylation is 6. The van der Waals surface area contributed by atoms with Gasteiger partial charge in [-0.2, -0.15) is 0 Å². The van der Waals surface area contributed by atoms with Gasteiger partial charge in [-0.3, -0.25) is 0 Å². The van der Waals surface area contributed by atoms with Gasteiger partial charge in [0.2, 0.25) is 0 Å². The van der Waals surface area contributed by atoms with Crippen molar-refractivity contribution in [3.05, 3.63) is 112 Å². The summed E-state index contributed by atoms with van der Waals surface area (Å²) in [6.45, 7) is 9.61. The Labute approximate surface area is 346 Å². The van der Waals surface area contributed by atoms with Crippen molar-refractivity contribution in [3.8, 4) is 23.0 Å². The summed E-state index contributed by atoms with van der Waals surface area (Å²) < 4.78 is 24.8. The molecule has 0 unspecified atom stereocenters. The molecule has 0 aliphatic heterocycles. The molecule has 0 atom stereocenters. The number of nitrogens with zero attached hydrogens (tertiary/aromatic N) is 4. The number of thiazole rings is 4. The average Bonchev–Trinajstić information content (AvgIpc) is 3.89. The molecule has 6 rings (SSSR count). The van der Waals surface area contributed by atoms with Gasteiger partial charge in [0, 0.05) is 21.5 Å². The van der Waals surface area contributed by atoms with Crippen molar-refractivity contribution in [1.82, 2.24) is 19.9 Å². The lowest BCUT2D eigenvalue weighted by Crippen LogP contribution is -2.02. The lowest BCUT2D eigenvalue weighted by Gasteiger charge is -2.14. The van der Waals surface area contributed by atoms with Crippen molar-refractivity contribution in [2.75, 3.05) is 0 Å². The zero-order chi connectivity index (χ0) is 33.3. The van der Waals surface area contributed by atoms with E-state index in [1.807, 2.05) is 61.3 Å². The summed E-state index contributed by atoms with van der Waals surface area (Å²) in [6, 6.07) is 12.5. The molecule has 282 valence electrons. The molecular weight excluding hydrogens is 822 g/mol. The standard InChI is InChI=1S/C36H38N4O4S4.4ClH/c1-23-37-29(19-45-23)15-41-33-11-9-27(13-35(33)43-17-31-21-47-25(3)39-31)7-5-6-8-28-10-12-34(42-16-30-20-46-24(2)38-30)36(14-28)44-18-32-22-48-26(4)40-32;;;;/h9-14,19-22H,5-8,15-18H2,1-4H3;4*1H. The van der Waals surface area contributed by atoms with Crippen LogP contribution < -0.4 is 18.9 Å². The van der Waals surface area contributed by atoms with Crippen molar-refractivity contribution in [3.63, 3.8) is 0 Å². The molecule has 0 saturated carbocycles. The van der Waals surface area contributed by atoms with E-state index in [1.54, 1.807) is 45.3 Å². The number of aromatic nitrogens is 4. The Bertz CT molecular complexity index is 1810. The Morgan fingerprint density at radius 1 is 0.423 bits per heavy atom. The molecule has 2 aromatic carbocycles. The number of hydrogen-bond acceptors (Lipinski definition) is 12. The predicted octanol–water partition coefficient (Wildman–Crippen LogP) is 11.3. The highest BCUT2D eigenvalue weighted by Gasteiger charge is 2.13. The van der Waals surface area contributed by atoms with Crippen molar-refractivity contribution in [1.29, 1.82) is 0 Å². The van der Waals surface area contributed by atoms with Gasteiger partial charge in [0.05, 0.1) is 42.8 Å². The van der Waals surface area contributed by atoms with Crippen LogP contribution in [0.2, 0.25) is 0 Å². The number of benzene rings is 2. The third-order valence-corrected chi connectivity index (χ3v) is 10.7. The molecule has 0 spiro atoms. The fourth-order valence-electron chi connectivity index (χ4n) is 5.04. The number of hydrogen-bond donors (Lipinski definition) is 0. The first kappa shape index (κ1) is 45.5. The minimum absolute atomic E-state index is 0. The molecule has 0 amide bonds. The van der Waals surface area contributed by atoms with Gasteiger partial charge < -0.3 is 18.9 Å². The molecule has 0 aliphatic carbocycles. The summed E-state index contributed by atoms with van der Waals surface area (Å²) in [5.74, 6) is 2.88. The Morgan fingerprint density at radius 2 is 0.712 bits per heavy atom. The van der Waals surface area contributed by atoms with Crippen LogP contribution in [0.3, 0.4) is 0 Å². The molecule has 4 heterocycles. The second-order valence-corrected chi connectivity index (χ2v) is 15.6. The van der Waals surface area contributed by atoms with E-state index in [0.717, 1.165) is 80.0 Å². The topological polar surface area (TPSA) is 88.5 Å². The molecule has 0 aliphatic rings. The molecule has 0 saturated heterocycles. The van der Waals surface area contributed by atoms with Gasteiger partial charge in [-0.25, -0.2) is 19.9 Å². The molecule has 4 aromatic heterocycles. The SMILES string of the molecule is Cc1nc(COc2ccc(CCCCc3ccc(OCc4csc(C)n4)c(OCc4csc(C)n4)c3)cc2OCc2csc(C)n2)cs1.Cl.Cl.Cl.Cl. The third-order valence-electron chi connectivity index (χ3n) is 7.37.